The van der Waals surface area contributed by atoms with Gasteiger partial charge in [-0.25, -0.2) is 14.4 Å². The number of hydrogen-bond acceptors (Lipinski definition) is 5. The third-order valence-electron chi connectivity index (χ3n) is 4.57. The fourth-order valence-electron chi connectivity index (χ4n) is 3.10. The lowest BCUT2D eigenvalue weighted by atomic mass is 10.1. The van der Waals surface area contributed by atoms with Crippen molar-refractivity contribution in [1.29, 1.82) is 0 Å². The molecule has 0 bridgehead atoms. The molecule has 0 spiro atoms. The number of halogens is 1. The van der Waals surface area contributed by atoms with Gasteiger partial charge in [0.05, 0.1) is 18.1 Å². The molecule has 0 unspecified atom stereocenters. The molecule has 0 aliphatic rings. The average molecular weight is 351 g/mol. The highest BCUT2D eigenvalue weighted by Gasteiger charge is 2.13. The molecule has 0 aliphatic heterocycles. The lowest BCUT2D eigenvalue weighted by Crippen LogP contribution is -2.03. The lowest BCUT2D eigenvalue weighted by molar-refractivity contribution is 0.386. The van der Waals surface area contributed by atoms with Gasteiger partial charge in [0.25, 0.3) is 0 Å². The van der Waals surface area contributed by atoms with Crippen molar-refractivity contribution >= 4 is 27.6 Å². The molecule has 0 radical (unpaired) electrons. The predicted octanol–water partition coefficient (Wildman–Crippen LogP) is 3.58. The summed E-state index contributed by atoms with van der Waals surface area (Å²) in [5.74, 6) is 0.555. The molecule has 0 saturated carbocycles. The third kappa shape index (κ3) is 2.61. The summed E-state index contributed by atoms with van der Waals surface area (Å²) in [5, 5.41) is 9.70. The molecule has 4 aromatic rings. The van der Waals surface area contributed by atoms with Crippen LogP contribution in [0.15, 0.2) is 36.7 Å². The van der Waals surface area contributed by atoms with E-state index < -0.39 is 0 Å². The number of benzene rings is 2. The van der Waals surface area contributed by atoms with Crippen LogP contribution in [0.5, 0.6) is 5.75 Å². The van der Waals surface area contributed by atoms with Crippen LogP contribution in [0.2, 0.25) is 0 Å². The average Bonchev–Trinajstić information content (AvgIpc) is 2.94. The number of rotatable bonds is 4. The smallest absolute Gasteiger partial charge is 0.165 e. The molecule has 0 amide bonds. The van der Waals surface area contributed by atoms with Gasteiger partial charge in [0, 0.05) is 30.1 Å². The Hall–Kier alpha value is -3.22. The maximum Gasteiger partial charge on any atom is 0.165 e. The highest BCUT2D eigenvalue weighted by molar-refractivity contribution is 6.08. The van der Waals surface area contributed by atoms with E-state index in [1.165, 1.54) is 19.5 Å². The summed E-state index contributed by atoms with van der Waals surface area (Å²) < 4.78 is 20.7. The zero-order valence-corrected chi connectivity index (χ0v) is 14.7. The normalized spacial score (nSPS) is 11.2. The van der Waals surface area contributed by atoms with Crippen molar-refractivity contribution in [2.45, 2.75) is 13.5 Å². The summed E-state index contributed by atoms with van der Waals surface area (Å²) in [7, 11) is 3.37. The van der Waals surface area contributed by atoms with Crippen molar-refractivity contribution in [2.24, 2.45) is 7.05 Å². The first kappa shape index (κ1) is 16.3. The topological polar surface area (TPSA) is 64.9 Å². The van der Waals surface area contributed by atoms with E-state index in [1.807, 2.05) is 36.9 Å². The first-order chi connectivity index (χ1) is 12.6. The molecule has 26 heavy (non-hydrogen) atoms. The Bertz CT molecular complexity index is 1120. The predicted molar refractivity (Wildman–Crippen MR) is 98.8 cm³/mol. The van der Waals surface area contributed by atoms with E-state index in [-0.39, 0.29) is 11.6 Å². The Morgan fingerprint density at radius 1 is 1.19 bits per heavy atom. The minimum Gasteiger partial charge on any atom is -0.494 e. The van der Waals surface area contributed by atoms with E-state index in [0.717, 1.165) is 33.1 Å². The van der Waals surface area contributed by atoms with E-state index >= 15 is 0 Å². The zero-order chi connectivity index (χ0) is 18.3. The number of nitrogens with one attached hydrogen (secondary N) is 1. The zero-order valence-electron chi connectivity index (χ0n) is 14.7. The minimum atomic E-state index is -0.382. The number of anilines is 1. The summed E-state index contributed by atoms with van der Waals surface area (Å²) in [6, 6.07) is 8.82. The number of hydrogen-bond donors (Lipinski definition) is 1. The van der Waals surface area contributed by atoms with E-state index in [1.54, 1.807) is 6.07 Å². The van der Waals surface area contributed by atoms with E-state index in [4.69, 9.17) is 4.74 Å². The van der Waals surface area contributed by atoms with Gasteiger partial charge < -0.3 is 10.1 Å². The van der Waals surface area contributed by atoms with Gasteiger partial charge in [-0.2, -0.15) is 5.10 Å². The lowest BCUT2D eigenvalue weighted by Gasteiger charge is -2.10. The van der Waals surface area contributed by atoms with Crippen molar-refractivity contribution in [1.82, 2.24) is 19.7 Å². The van der Waals surface area contributed by atoms with Crippen LogP contribution in [-0.4, -0.2) is 26.9 Å². The van der Waals surface area contributed by atoms with E-state index in [2.05, 4.69) is 20.4 Å². The Morgan fingerprint density at radius 3 is 2.81 bits per heavy atom. The maximum atomic E-state index is 13.9. The van der Waals surface area contributed by atoms with Gasteiger partial charge in [-0.3, -0.25) is 4.68 Å². The Kier molecular flexibility index (Phi) is 3.91. The van der Waals surface area contributed by atoms with Crippen molar-refractivity contribution in [2.75, 3.05) is 12.4 Å². The molecule has 4 rings (SSSR count). The molecule has 0 saturated heterocycles. The highest BCUT2D eigenvalue weighted by atomic mass is 19.1. The summed E-state index contributed by atoms with van der Waals surface area (Å²) >= 11 is 0. The Morgan fingerprint density at radius 2 is 2.04 bits per heavy atom. The monoisotopic (exact) mass is 351 g/mol. The molecule has 2 heterocycles. The van der Waals surface area contributed by atoms with Crippen LogP contribution < -0.4 is 10.1 Å². The molecule has 132 valence electrons. The molecular weight excluding hydrogens is 333 g/mol. The second-order valence-corrected chi connectivity index (χ2v) is 6.11. The fourth-order valence-corrected chi connectivity index (χ4v) is 3.10. The number of methoxy groups -OCH3 is 1. The Labute approximate surface area is 149 Å². The molecule has 0 aliphatic carbocycles. The van der Waals surface area contributed by atoms with Crippen LogP contribution in [0.1, 0.15) is 11.3 Å². The Balaban J connectivity index is 1.71. The van der Waals surface area contributed by atoms with Gasteiger partial charge in [-0.1, -0.05) is 6.07 Å². The second-order valence-electron chi connectivity index (χ2n) is 6.11. The van der Waals surface area contributed by atoms with Crippen LogP contribution in [0.4, 0.5) is 10.2 Å². The molecule has 0 atom stereocenters. The number of nitrogens with zero attached hydrogens (tertiary/aromatic N) is 4. The number of aromatic nitrogens is 4. The van der Waals surface area contributed by atoms with Crippen molar-refractivity contribution < 1.29 is 9.13 Å². The van der Waals surface area contributed by atoms with Gasteiger partial charge in [0.15, 0.2) is 11.6 Å². The van der Waals surface area contributed by atoms with Crippen LogP contribution >= 0.6 is 0 Å². The van der Waals surface area contributed by atoms with Gasteiger partial charge >= 0.3 is 0 Å². The van der Waals surface area contributed by atoms with Gasteiger partial charge in [0.2, 0.25) is 0 Å². The summed E-state index contributed by atoms with van der Waals surface area (Å²) in [4.78, 5) is 8.81. The minimum absolute atomic E-state index is 0.232. The van der Waals surface area contributed by atoms with E-state index in [9.17, 15) is 4.39 Å². The summed E-state index contributed by atoms with van der Waals surface area (Å²) in [6.07, 6.45) is 1.53. The van der Waals surface area contributed by atoms with Crippen LogP contribution in [-0.2, 0) is 13.6 Å². The maximum absolute atomic E-state index is 13.9. The van der Waals surface area contributed by atoms with Gasteiger partial charge in [0.1, 0.15) is 12.1 Å². The SMILES string of the molecule is COc1ccc(CNc2ncnc3c2ccc2nn(C)c(C)c23)cc1F. The molecule has 7 heteroatoms. The molecule has 0 fully saturated rings. The van der Waals surface area contributed by atoms with E-state index in [0.29, 0.717) is 12.4 Å². The highest BCUT2D eigenvalue weighted by Crippen LogP contribution is 2.29. The largest absolute Gasteiger partial charge is 0.494 e. The van der Waals surface area contributed by atoms with Crippen molar-refractivity contribution in [3.05, 3.63) is 53.7 Å². The number of aryl methyl sites for hydroxylation is 2. The van der Waals surface area contributed by atoms with Crippen LogP contribution in [0, 0.1) is 12.7 Å². The first-order valence-electron chi connectivity index (χ1n) is 8.22. The number of ether oxygens (including phenoxy) is 1. The molecule has 1 N–H and O–H groups in total. The van der Waals surface area contributed by atoms with Gasteiger partial charge in [-0.05, 0) is 36.8 Å². The van der Waals surface area contributed by atoms with Crippen molar-refractivity contribution in [3.8, 4) is 5.75 Å². The standard InChI is InChI=1S/C19H18FN5O/c1-11-17-15(24-25(11)2)6-5-13-18(17)22-10-23-19(13)21-9-12-4-7-16(26-3)14(20)8-12/h4-8,10H,9H2,1-3H3,(H,21,22,23). The van der Waals surface area contributed by atoms with Crippen molar-refractivity contribution in [3.63, 3.8) is 0 Å². The van der Waals surface area contributed by atoms with Crippen LogP contribution in [0.25, 0.3) is 21.8 Å². The molecule has 2 aromatic heterocycles. The number of fused-ring (bicyclic) bond motifs is 3. The fraction of sp³-hybridized carbons (Fsp3) is 0.211. The first-order valence-corrected chi connectivity index (χ1v) is 8.22. The second kappa shape index (κ2) is 6.25. The quantitative estimate of drug-likeness (QED) is 0.609. The summed E-state index contributed by atoms with van der Waals surface area (Å²) in [5.41, 5.74) is 3.60. The van der Waals surface area contributed by atoms with Crippen LogP contribution in [0.3, 0.4) is 0 Å². The third-order valence-corrected chi connectivity index (χ3v) is 4.57. The molecule has 2 aromatic carbocycles. The molecule has 6 nitrogen and oxygen atoms in total. The summed E-state index contributed by atoms with van der Waals surface area (Å²) in [6.45, 7) is 2.46. The van der Waals surface area contributed by atoms with Gasteiger partial charge in [-0.15, -0.1) is 0 Å². The molecular formula is C19H18FN5O.